The minimum absolute atomic E-state index is 0.0977. The van der Waals surface area contributed by atoms with Gasteiger partial charge in [0.1, 0.15) is 17.7 Å². The van der Waals surface area contributed by atoms with Crippen LogP contribution in [0, 0.1) is 0 Å². The van der Waals surface area contributed by atoms with E-state index in [9.17, 15) is 9.59 Å². The lowest BCUT2D eigenvalue weighted by Gasteiger charge is -2.33. The van der Waals surface area contributed by atoms with Gasteiger partial charge in [0, 0.05) is 42.1 Å². The van der Waals surface area contributed by atoms with E-state index in [1.807, 2.05) is 36.4 Å². The number of nitrogens with zero attached hydrogens (tertiary/aromatic N) is 4. The molecule has 1 aromatic carbocycles. The van der Waals surface area contributed by atoms with Crippen molar-refractivity contribution < 1.29 is 14.3 Å². The Labute approximate surface area is 243 Å². The van der Waals surface area contributed by atoms with Crippen LogP contribution in [0.3, 0.4) is 0 Å². The lowest BCUT2D eigenvalue weighted by atomic mass is 10.0. The molecule has 2 aliphatic heterocycles. The van der Waals surface area contributed by atoms with Crippen LogP contribution in [0.5, 0.6) is 0 Å². The summed E-state index contributed by atoms with van der Waals surface area (Å²) in [5, 5.41) is 6.92. The van der Waals surface area contributed by atoms with Crippen LogP contribution in [-0.4, -0.2) is 69.0 Å². The normalized spacial score (nSPS) is 17.4. The van der Waals surface area contributed by atoms with E-state index >= 15 is 0 Å². The fraction of sp³-hybridized carbons (Fsp3) is 0.281. The second kappa shape index (κ2) is 12.5. The molecule has 5 heterocycles. The zero-order valence-electron chi connectivity index (χ0n) is 23.3. The summed E-state index contributed by atoms with van der Waals surface area (Å²) in [6.45, 7) is 7.20. The molecule has 214 valence electrons. The molecule has 1 atom stereocenters. The number of benzene rings is 1. The van der Waals surface area contributed by atoms with Gasteiger partial charge in [-0.05, 0) is 78.9 Å². The third kappa shape index (κ3) is 6.29. The summed E-state index contributed by atoms with van der Waals surface area (Å²) in [5.41, 5.74) is 6.83. The molecule has 42 heavy (non-hydrogen) atoms. The summed E-state index contributed by atoms with van der Waals surface area (Å²) in [6.07, 6.45) is 9.40. The summed E-state index contributed by atoms with van der Waals surface area (Å²) in [4.78, 5) is 43.7. The highest BCUT2D eigenvalue weighted by Gasteiger charge is 2.21. The van der Waals surface area contributed by atoms with Gasteiger partial charge in [-0.3, -0.25) is 19.5 Å². The van der Waals surface area contributed by atoms with Crippen molar-refractivity contribution in [3.05, 3.63) is 90.7 Å². The first kappa shape index (κ1) is 27.5. The van der Waals surface area contributed by atoms with Crippen LogP contribution >= 0.6 is 0 Å². The number of hydrogen-bond acceptors (Lipinski definition) is 7. The zero-order chi connectivity index (χ0) is 28.9. The van der Waals surface area contributed by atoms with E-state index in [4.69, 9.17) is 4.74 Å². The molecule has 0 bridgehead atoms. The third-order valence-corrected chi connectivity index (χ3v) is 7.65. The molecule has 4 aromatic rings. The summed E-state index contributed by atoms with van der Waals surface area (Å²) < 4.78 is 5.45. The molecular formula is C32H33N7O3. The van der Waals surface area contributed by atoms with E-state index in [1.54, 1.807) is 12.5 Å². The minimum atomic E-state index is -0.269. The largest absolute Gasteiger partial charge is 0.377 e. The van der Waals surface area contributed by atoms with E-state index in [-0.39, 0.29) is 17.9 Å². The first-order valence-corrected chi connectivity index (χ1v) is 14.2. The van der Waals surface area contributed by atoms with Crippen LogP contribution in [-0.2, 0) is 16.1 Å². The number of ether oxygens (including phenoxy) is 1. The number of rotatable bonds is 8. The molecule has 0 aliphatic carbocycles. The Morgan fingerprint density at radius 1 is 1.14 bits per heavy atom. The molecule has 0 radical (unpaired) electrons. The highest BCUT2D eigenvalue weighted by Crippen LogP contribution is 2.30. The predicted molar refractivity (Wildman–Crippen MR) is 162 cm³/mol. The second-order valence-corrected chi connectivity index (χ2v) is 10.6. The highest BCUT2D eigenvalue weighted by molar-refractivity contribution is 6.03. The summed E-state index contributed by atoms with van der Waals surface area (Å²) in [6, 6.07) is 13.6. The van der Waals surface area contributed by atoms with Crippen molar-refractivity contribution in [3.8, 4) is 11.3 Å². The number of nitrogens with one attached hydrogen (secondary N) is 3. The van der Waals surface area contributed by atoms with Crippen molar-refractivity contribution in [2.24, 2.45) is 0 Å². The maximum Gasteiger partial charge on any atom is 0.274 e. The van der Waals surface area contributed by atoms with Crippen molar-refractivity contribution in [1.82, 2.24) is 30.2 Å². The van der Waals surface area contributed by atoms with Crippen LogP contribution in [0.2, 0.25) is 0 Å². The molecular weight excluding hydrogens is 530 g/mol. The Kier molecular flexibility index (Phi) is 8.16. The number of hydrogen-bond donors (Lipinski definition) is 3. The summed E-state index contributed by atoms with van der Waals surface area (Å²) in [7, 11) is 0. The Bertz CT molecular complexity index is 1640. The number of aromatic amines is 1. The van der Waals surface area contributed by atoms with E-state index in [1.165, 1.54) is 11.6 Å². The number of pyridine rings is 1. The number of H-pyrrole nitrogens is 1. The van der Waals surface area contributed by atoms with E-state index < -0.39 is 0 Å². The number of anilines is 1. The molecule has 6 rings (SSSR count). The molecule has 2 aliphatic rings. The molecule has 0 saturated carbocycles. The van der Waals surface area contributed by atoms with Gasteiger partial charge in [0.2, 0.25) is 5.91 Å². The van der Waals surface area contributed by atoms with Crippen molar-refractivity contribution in [3.63, 3.8) is 0 Å². The third-order valence-electron chi connectivity index (χ3n) is 7.65. The lowest BCUT2D eigenvalue weighted by molar-refractivity contribution is -0.117. The van der Waals surface area contributed by atoms with Gasteiger partial charge in [0.05, 0.1) is 18.9 Å². The molecule has 10 nitrogen and oxygen atoms in total. The molecule has 2 amide bonds. The lowest BCUT2D eigenvalue weighted by Crippen LogP contribution is -2.46. The van der Waals surface area contributed by atoms with Gasteiger partial charge in [0.25, 0.3) is 5.91 Å². The van der Waals surface area contributed by atoms with Gasteiger partial charge in [-0.1, -0.05) is 24.8 Å². The molecule has 0 spiro atoms. The number of amides is 2. The number of piperidine rings is 1. The van der Waals surface area contributed by atoms with E-state index in [2.05, 4.69) is 54.2 Å². The number of carbonyl (C=O) groups is 2. The Morgan fingerprint density at radius 3 is 2.83 bits per heavy atom. The molecule has 3 aromatic heterocycles. The maximum absolute atomic E-state index is 13.0. The van der Waals surface area contributed by atoms with Crippen LogP contribution in [0.15, 0.2) is 73.7 Å². The number of fused-ring (bicyclic) bond motifs is 1. The highest BCUT2D eigenvalue weighted by atomic mass is 16.5. The van der Waals surface area contributed by atoms with Gasteiger partial charge in [-0.25, -0.2) is 9.97 Å². The maximum atomic E-state index is 13.0. The van der Waals surface area contributed by atoms with Gasteiger partial charge in [0.15, 0.2) is 0 Å². The van der Waals surface area contributed by atoms with E-state index in [0.717, 1.165) is 65.9 Å². The topological polar surface area (TPSA) is 125 Å². The summed E-state index contributed by atoms with van der Waals surface area (Å²) in [5.74, 6) is -0.416. The van der Waals surface area contributed by atoms with Gasteiger partial charge < -0.3 is 20.4 Å². The fourth-order valence-electron chi connectivity index (χ4n) is 5.55. The van der Waals surface area contributed by atoms with Crippen LogP contribution in [0.4, 0.5) is 5.69 Å². The van der Waals surface area contributed by atoms with Gasteiger partial charge in [-0.2, -0.15) is 0 Å². The van der Waals surface area contributed by atoms with Crippen molar-refractivity contribution in [2.45, 2.75) is 31.8 Å². The standard InChI is InChI=1S/C32H33N7O3/c1-2-29(40)36-25-4-3-13-39(19-25)18-21-9-12-33-28(16-21)32(41)37-24-7-5-22(6-8-24)27-17-26-30(23-10-14-42-15-11-23)34-20-35-31(26)38-27/h2,5-10,12,16-17,20,25H,1,3-4,11,13-15,18-19H2,(H,36,40)(H,37,41)(H,34,35,38)/t25-/m1/s1. The monoisotopic (exact) mass is 563 g/mol. The van der Waals surface area contributed by atoms with Gasteiger partial charge in [-0.15, -0.1) is 0 Å². The summed E-state index contributed by atoms with van der Waals surface area (Å²) >= 11 is 0. The average molecular weight is 564 g/mol. The molecule has 1 fully saturated rings. The Morgan fingerprint density at radius 2 is 2.02 bits per heavy atom. The number of likely N-dealkylation sites (tertiary alicyclic amines) is 1. The minimum Gasteiger partial charge on any atom is -0.377 e. The predicted octanol–water partition coefficient (Wildman–Crippen LogP) is 4.34. The van der Waals surface area contributed by atoms with Crippen molar-refractivity contribution >= 4 is 34.1 Å². The van der Waals surface area contributed by atoms with Crippen molar-refractivity contribution in [1.29, 1.82) is 0 Å². The average Bonchev–Trinajstić information content (AvgIpc) is 3.47. The zero-order valence-corrected chi connectivity index (χ0v) is 23.3. The molecule has 10 heteroatoms. The van der Waals surface area contributed by atoms with Crippen molar-refractivity contribution in [2.75, 3.05) is 31.6 Å². The van der Waals surface area contributed by atoms with Gasteiger partial charge >= 0.3 is 0 Å². The Hall–Kier alpha value is -4.67. The SMILES string of the molecule is C=CC(=O)N[C@@H]1CCCN(Cc2ccnc(C(=O)Nc3ccc(-c4cc5c(C6=CCOCC6)ncnc5[nH]4)cc3)c2)C1. The van der Waals surface area contributed by atoms with E-state index in [0.29, 0.717) is 31.1 Å². The van der Waals surface area contributed by atoms with Crippen LogP contribution in [0.25, 0.3) is 27.9 Å². The smallest absolute Gasteiger partial charge is 0.274 e. The molecule has 0 unspecified atom stereocenters. The molecule has 1 saturated heterocycles. The quantitative estimate of drug-likeness (QED) is 0.272. The first-order chi connectivity index (χ1) is 20.6. The number of aromatic nitrogens is 4. The first-order valence-electron chi connectivity index (χ1n) is 14.2. The molecule has 3 N–H and O–H groups in total. The van der Waals surface area contributed by atoms with Crippen LogP contribution < -0.4 is 10.6 Å². The van der Waals surface area contributed by atoms with Crippen LogP contribution in [0.1, 0.15) is 41.0 Å². The second-order valence-electron chi connectivity index (χ2n) is 10.6. The number of carbonyl (C=O) groups excluding carboxylic acids is 2. The fourth-order valence-corrected chi connectivity index (χ4v) is 5.55. The Balaban J connectivity index is 1.11.